The maximum atomic E-state index is 12.6. The highest BCUT2D eigenvalue weighted by atomic mass is 16.5. The van der Waals surface area contributed by atoms with Gasteiger partial charge in [-0.05, 0) is 61.8 Å². The van der Waals surface area contributed by atoms with Gasteiger partial charge in [-0.3, -0.25) is 4.90 Å². The summed E-state index contributed by atoms with van der Waals surface area (Å²) >= 11 is 0. The van der Waals surface area contributed by atoms with Gasteiger partial charge < -0.3 is 9.15 Å². The van der Waals surface area contributed by atoms with Gasteiger partial charge in [0.05, 0.1) is 5.56 Å². The van der Waals surface area contributed by atoms with Crippen LogP contribution in [0.1, 0.15) is 41.5 Å². The van der Waals surface area contributed by atoms with Crippen LogP contribution < -0.4 is 10.4 Å². The molecule has 2 heterocycles. The highest BCUT2D eigenvalue weighted by Gasteiger charge is 2.25. The van der Waals surface area contributed by atoms with Gasteiger partial charge in [-0.15, -0.1) is 0 Å². The van der Waals surface area contributed by atoms with Crippen molar-refractivity contribution < 1.29 is 9.15 Å². The predicted octanol–water partition coefficient (Wildman–Crippen LogP) is 4.46. The molecule has 144 valence electrons. The minimum Gasteiger partial charge on any atom is -0.478 e. The summed E-state index contributed by atoms with van der Waals surface area (Å²) in [6.45, 7) is 2.31. The Morgan fingerprint density at radius 2 is 1.75 bits per heavy atom. The SMILES string of the molecule is O=c1oc2c3c(ccc2c2c1CCCC2)OCN(CCCc1ccccc1)C3. The van der Waals surface area contributed by atoms with E-state index in [9.17, 15) is 4.79 Å². The highest BCUT2D eigenvalue weighted by molar-refractivity contribution is 5.86. The minimum absolute atomic E-state index is 0.156. The molecule has 28 heavy (non-hydrogen) atoms. The van der Waals surface area contributed by atoms with Crippen LogP contribution >= 0.6 is 0 Å². The topological polar surface area (TPSA) is 42.7 Å². The Morgan fingerprint density at radius 3 is 2.61 bits per heavy atom. The molecule has 0 amide bonds. The molecule has 2 aliphatic rings. The number of aryl methyl sites for hydroxylation is 2. The lowest BCUT2D eigenvalue weighted by Gasteiger charge is -2.29. The Kier molecular flexibility index (Phi) is 4.65. The molecule has 2 aromatic carbocycles. The number of benzene rings is 2. The number of hydrogen-bond acceptors (Lipinski definition) is 4. The van der Waals surface area contributed by atoms with Crippen LogP contribution in [-0.2, 0) is 25.8 Å². The molecule has 4 nitrogen and oxygen atoms in total. The summed E-state index contributed by atoms with van der Waals surface area (Å²) in [5.41, 5.74) is 5.04. The van der Waals surface area contributed by atoms with E-state index in [1.807, 2.05) is 6.07 Å². The molecule has 0 bridgehead atoms. The van der Waals surface area contributed by atoms with Crippen LogP contribution in [0.5, 0.6) is 5.75 Å². The van der Waals surface area contributed by atoms with Crippen molar-refractivity contribution in [3.63, 3.8) is 0 Å². The van der Waals surface area contributed by atoms with Crippen molar-refractivity contribution in [3.05, 3.63) is 75.1 Å². The van der Waals surface area contributed by atoms with Gasteiger partial charge in [0.25, 0.3) is 0 Å². The summed E-state index contributed by atoms with van der Waals surface area (Å²) in [4.78, 5) is 14.8. The molecule has 0 N–H and O–H groups in total. The van der Waals surface area contributed by atoms with Gasteiger partial charge >= 0.3 is 5.63 Å². The molecule has 4 heteroatoms. The molecule has 0 spiro atoms. The third-order valence-electron chi connectivity index (χ3n) is 6.02. The first-order valence-electron chi connectivity index (χ1n) is 10.3. The lowest BCUT2D eigenvalue weighted by atomic mass is 9.90. The van der Waals surface area contributed by atoms with Gasteiger partial charge in [0, 0.05) is 24.0 Å². The van der Waals surface area contributed by atoms with E-state index >= 15 is 0 Å². The van der Waals surface area contributed by atoms with Gasteiger partial charge in [0.2, 0.25) is 0 Å². The first-order chi connectivity index (χ1) is 13.8. The second-order valence-corrected chi connectivity index (χ2v) is 7.89. The molecule has 1 aromatic heterocycles. The van der Waals surface area contributed by atoms with Crippen LogP contribution in [0.25, 0.3) is 11.0 Å². The summed E-state index contributed by atoms with van der Waals surface area (Å²) < 4.78 is 11.8. The van der Waals surface area contributed by atoms with Crippen molar-refractivity contribution in [2.75, 3.05) is 13.3 Å². The molecule has 0 atom stereocenters. The zero-order valence-corrected chi connectivity index (χ0v) is 16.1. The molecule has 3 aromatic rings. The number of nitrogens with zero attached hydrogens (tertiary/aromatic N) is 1. The average molecular weight is 375 g/mol. The molecule has 5 rings (SSSR count). The molecule has 1 aliphatic heterocycles. The van der Waals surface area contributed by atoms with Gasteiger partial charge in [-0.25, -0.2) is 4.79 Å². The third kappa shape index (κ3) is 3.22. The summed E-state index contributed by atoms with van der Waals surface area (Å²) in [6, 6.07) is 14.7. The van der Waals surface area contributed by atoms with Crippen LogP contribution in [0.2, 0.25) is 0 Å². The summed E-state index contributed by atoms with van der Waals surface area (Å²) in [5, 5.41) is 1.10. The average Bonchev–Trinajstić information content (AvgIpc) is 2.75. The van der Waals surface area contributed by atoms with Crippen molar-refractivity contribution in [2.45, 2.75) is 45.1 Å². The molecular weight excluding hydrogens is 350 g/mol. The third-order valence-corrected chi connectivity index (χ3v) is 6.02. The smallest absolute Gasteiger partial charge is 0.339 e. The van der Waals surface area contributed by atoms with E-state index in [1.165, 1.54) is 11.1 Å². The van der Waals surface area contributed by atoms with Crippen LogP contribution in [0, 0.1) is 0 Å². The lowest BCUT2D eigenvalue weighted by molar-refractivity contribution is 0.0946. The Labute approximate surface area is 164 Å². The fraction of sp³-hybridized carbons (Fsp3) is 0.375. The van der Waals surface area contributed by atoms with Crippen molar-refractivity contribution in [1.82, 2.24) is 4.90 Å². The standard InChI is InChI=1S/C24H25NO3/c26-24-20-11-5-4-10-18(20)19-12-13-22-21(23(19)28-24)15-25(16-27-22)14-6-9-17-7-2-1-3-8-17/h1-3,7-8,12-13H,4-6,9-11,14-16H2. The Morgan fingerprint density at radius 1 is 0.929 bits per heavy atom. The summed E-state index contributed by atoms with van der Waals surface area (Å²) in [6.07, 6.45) is 6.16. The van der Waals surface area contributed by atoms with E-state index in [2.05, 4.69) is 41.3 Å². The molecule has 0 saturated carbocycles. The van der Waals surface area contributed by atoms with Crippen LogP contribution in [-0.4, -0.2) is 18.2 Å². The fourth-order valence-electron chi connectivity index (χ4n) is 4.56. The molecule has 0 unspecified atom stereocenters. The predicted molar refractivity (Wildman–Crippen MR) is 110 cm³/mol. The van der Waals surface area contributed by atoms with Gasteiger partial charge in [-0.2, -0.15) is 0 Å². The van der Waals surface area contributed by atoms with Crippen molar-refractivity contribution in [2.24, 2.45) is 0 Å². The van der Waals surface area contributed by atoms with E-state index in [1.54, 1.807) is 0 Å². The highest BCUT2D eigenvalue weighted by Crippen LogP contribution is 2.35. The van der Waals surface area contributed by atoms with Crippen LogP contribution in [0.4, 0.5) is 0 Å². The Bertz CT molecular complexity index is 1050. The Balaban J connectivity index is 1.40. The lowest BCUT2D eigenvalue weighted by Crippen LogP contribution is -2.33. The number of rotatable bonds is 4. The maximum absolute atomic E-state index is 12.6. The number of hydrogen-bond donors (Lipinski definition) is 0. The number of ether oxygens (including phenoxy) is 1. The monoisotopic (exact) mass is 375 g/mol. The first-order valence-corrected chi connectivity index (χ1v) is 10.3. The largest absolute Gasteiger partial charge is 0.478 e. The maximum Gasteiger partial charge on any atom is 0.339 e. The van der Waals surface area contributed by atoms with Crippen molar-refractivity contribution in [1.29, 1.82) is 0 Å². The summed E-state index contributed by atoms with van der Waals surface area (Å²) in [7, 11) is 0. The van der Waals surface area contributed by atoms with Crippen molar-refractivity contribution >= 4 is 11.0 Å². The number of fused-ring (bicyclic) bond motifs is 5. The molecule has 1 aliphatic carbocycles. The summed E-state index contributed by atoms with van der Waals surface area (Å²) in [5.74, 6) is 0.853. The van der Waals surface area contributed by atoms with Crippen LogP contribution in [0.15, 0.2) is 51.7 Å². The zero-order valence-electron chi connectivity index (χ0n) is 16.1. The van der Waals surface area contributed by atoms with Gasteiger partial charge in [0.1, 0.15) is 18.1 Å². The quantitative estimate of drug-likeness (QED) is 0.632. The van der Waals surface area contributed by atoms with Crippen molar-refractivity contribution in [3.8, 4) is 5.75 Å². The van der Waals surface area contributed by atoms with Crippen LogP contribution in [0.3, 0.4) is 0 Å². The van der Waals surface area contributed by atoms with E-state index in [0.29, 0.717) is 6.73 Å². The molecular formula is C24H25NO3. The zero-order chi connectivity index (χ0) is 18.9. The van der Waals surface area contributed by atoms with E-state index in [-0.39, 0.29) is 5.63 Å². The second-order valence-electron chi connectivity index (χ2n) is 7.89. The molecule has 0 saturated heterocycles. The fourth-order valence-corrected chi connectivity index (χ4v) is 4.56. The first kappa shape index (κ1) is 17.5. The van der Waals surface area contributed by atoms with Gasteiger partial charge in [0.15, 0.2) is 0 Å². The second kappa shape index (κ2) is 7.44. The normalized spacial score (nSPS) is 16.4. The molecule has 0 radical (unpaired) electrons. The Hall–Kier alpha value is -2.59. The van der Waals surface area contributed by atoms with Gasteiger partial charge in [-0.1, -0.05) is 30.3 Å². The van der Waals surface area contributed by atoms with E-state index in [0.717, 1.165) is 79.5 Å². The minimum atomic E-state index is -0.156. The van der Waals surface area contributed by atoms with E-state index < -0.39 is 0 Å². The molecule has 0 fully saturated rings. The van der Waals surface area contributed by atoms with E-state index in [4.69, 9.17) is 9.15 Å².